The molecule has 3 N–H and O–H groups in total. The third-order valence-electron chi connectivity index (χ3n) is 4.32. The zero-order chi connectivity index (χ0) is 14.7. The second-order valence-electron chi connectivity index (χ2n) is 6.44. The molecule has 2 rings (SSSR count). The van der Waals surface area contributed by atoms with E-state index in [-0.39, 0.29) is 29.8 Å². The third kappa shape index (κ3) is 3.72. The Bertz CT molecular complexity index is 366. The predicted octanol–water partition coefficient (Wildman–Crippen LogP) is 0.877. The van der Waals surface area contributed by atoms with Crippen molar-refractivity contribution in [3.05, 3.63) is 0 Å². The zero-order valence-electron chi connectivity index (χ0n) is 12.6. The fourth-order valence-corrected chi connectivity index (χ4v) is 2.83. The molecule has 0 aromatic heterocycles. The van der Waals surface area contributed by atoms with Crippen molar-refractivity contribution in [3.8, 4) is 0 Å². The quantitative estimate of drug-likeness (QED) is 0.785. The highest BCUT2D eigenvalue weighted by molar-refractivity contribution is 5.88. The zero-order valence-corrected chi connectivity index (χ0v) is 12.6. The molecular formula is C15H27N3O2. The number of hydrogen-bond donors (Lipinski definition) is 2. The van der Waals surface area contributed by atoms with Crippen molar-refractivity contribution >= 4 is 11.8 Å². The Morgan fingerprint density at radius 3 is 2.55 bits per heavy atom. The van der Waals surface area contributed by atoms with E-state index in [1.54, 1.807) is 4.90 Å². The Labute approximate surface area is 121 Å². The van der Waals surface area contributed by atoms with E-state index in [0.29, 0.717) is 19.0 Å². The number of likely N-dealkylation sites (tertiary alicyclic amines) is 1. The average molecular weight is 281 g/mol. The van der Waals surface area contributed by atoms with Crippen LogP contribution < -0.4 is 11.1 Å². The van der Waals surface area contributed by atoms with Crippen molar-refractivity contribution in [1.82, 2.24) is 10.2 Å². The first-order chi connectivity index (χ1) is 9.50. The summed E-state index contributed by atoms with van der Waals surface area (Å²) in [7, 11) is 0. The summed E-state index contributed by atoms with van der Waals surface area (Å²) in [6.07, 6.45) is 5.12. The molecule has 20 heavy (non-hydrogen) atoms. The van der Waals surface area contributed by atoms with Crippen LogP contribution in [0.15, 0.2) is 0 Å². The molecule has 2 unspecified atom stereocenters. The van der Waals surface area contributed by atoms with E-state index in [4.69, 9.17) is 5.73 Å². The number of nitrogens with one attached hydrogen (secondary N) is 1. The Kier molecular flexibility index (Phi) is 5.02. The number of rotatable bonds is 5. The van der Waals surface area contributed by atoms with Gasteiger partial charge in [0.15, 0.2) is 0 Å². The van der Waals surface area contributed by atoms with Gasteiger partial charge in [0, 0.05) is 25.0 Å². The smallest absolute Gasteiger partial charge is 0.242 e. The van der Waals surface area contributed by atoms with Crippen molar-refractivity contribution < 1.29 is 9.59 Å². The fraction of sp³-hybridized carbons (Fsp3) is 0.867. The molecule has 1 heterocycles. The van der Waals surface area contributed by atoms with E-state index in [1.807, 2.05) is 13.8 Å². The van der Waals surface area contributed by atoms with Gasteiger partial charge in [-0.3, -0.25) is 9.59 Å². The van der Waals surface area contributed by atoms with Crippen molar-refractivity contribution in [2.45, 2.75) is 58.0 Å². The number of nitrogens with zero attached hydrogens (tertiary/aromatic N) is 1. The summed E-state index contributed by atoms with van der Waals surface area (Å²) < 4.78 is 0. The van der Waals surface area contributed by atoms with E-state index in [1.165, 1.54) is 12.8 Å². The minimum Gasteiger partial charge on any atom is -0.353 e. The first kappa shape index (κ1) is 15.3. The van der Waals surface area contributed by atoms with Gasteiger partial charge in [0.2, 0.25) is 11.8 Å². The number of piperidine rings is 1. The molecule has 5 heteroatoms. The van der Waals surface area contributed by atoms with Crippen LogP contribution in [-0.2, 0) is 9.59 Å². The minimum atomic E-state index is -0.301. The van der Waals surface area contributed by atoms with Crippen LogP contribution in [0, 0.1) is 11.8 Å². The molecule has 5 nitrogen and oxygen atoms in total. The SMILES string of the molecule is CC(C)C(=O)N1CCCCC1C(=O)NCC(N)C1CC1. The molecule has 0 bridgehead atoms. The Hall–Kier alpha value is -1.10. The molecule has 0 spiro atoms. The standard InChI is InChI=1S/C15H27N3O2/c1-10(2)15(20)18-8-4-3-5-13(18)14(19)17-9-12(16)11-6-7-11/h10-13H,3-9,16H2,1-2H3,(H,17,19). The molecule has 2 atom stereocenters. The highest BCUT2D eigenvalue weighted by atomic mass is 16.2. The lowest BCUT2D eigenvalue weighted by Crippen LogP contribution is -2.54. The van der Waals surface area contributed by atoms with Crippen molar-refractivity contribution in [2.24, 2.45) is 17.6 Å². The van der Waals surface area contributed by atoms with Crippen LogP contribution >= 0.6 is 0 Å². The maximum absolute atomic E-state index is 12.3. The molecule has 1 aliphatic heterocycles. The van der Waals surface area contributed by atoms with E-state index in [9.17, 15) is 9.59 Å². The molecule has 0 aromatic rings. The van der Waals surface area contributed by atoms with Gasteiger partial charge < -0.3 is 16.0 Å². The maximum atomic E-state index is 12.3. The molecule has 1 saturated heterocycles. The minimum absolute atomic E-state index is 0.0326. The molecule has 2 fully saturated rings. The third-order valence-corrected chi connectivity index (χ3v) is 4.32. The van der Waals surface area contributed by atoms with Crippen molar-refractivity contribution in [1.29, 1.82) is 0 Å². The average Bonchev–Trinajstić information content (AvgIpc) is 3.28. The number of carbonyl (C=O) groups excluding carboxylic acids is 2. The maximum Gasteiger partial charge on any atom is 0.242 e. The van der Waals surface area contributed by atoms with Gasteiger partial charge in [-0.1, -0.05) is 13.8 Å². The topological polar surface area (TPSA) is 75.4 Å². The number of hydrogen-bond acceptors (Lipinski definition) is 3. The molecule has 2 aliphatic rings. The van der Waals surface area contributed by atoms with Gasteiger partial charge in [-0.15, -0.1) is 0 Å². The van der Waals surface area contributed by atoms with Gasteiger partial charge in [-0.25, -0.2) is 0 Å². The summed E-state index contributed by atoms with van der Waals surface area (Å²) in [5.74, 6) is 0.568. The van der Waals surface area contributed by atoms with E-state index < -0.39 is 0 Å². The first-order valence-electron chi connectivity index (χ1n) is 7.84. The predicted molar refractivity (Wildman–Crippen MR) is 77.9 cm³/mol. The summed E-state index contributed by atoms with van der Waals surface area (Å²) in [5, 5.41) is 2.94. The monoisotopic (exact) mass is 281 g/mol. The van der Waals surface area contributed by atoms with Gasteiger partial charge >= 0.3 is 0 Å². The Morgan fingerprint density at radius 2 is 1.95 bits per heavy atom. The van der Waals surface area contributed by atoms with Gasteiger partial charge in [-0.2, -0.15) is 0 Å². The number of carbonyl (C=O) groups is 2. The number of amides is 2. The second-order valence-corrected chi connectivity index (χ2v) is 6.44. The molecule has 1 aliphatic carbocycles. The summed E-state index contributed by atoms with van der Waals surface area (Å²) in [4.78, 5) is 26.3. The van der Waals surface area contributed by atoms with Crippen molar-refractivity contribution in [3.63, 3.8) is 0 Å². The molecule has 114 valence electrons. The van der Waals surface area contributed by atoms with Gasteiger partial charge in [-0.05, 0) is 38.0 Å². The van der Waals surface area contributed by atoms with Crippen LogP contribution in [-0.4, -0.2) is 41.9 Å². The fourth-order valence-electron chi connectivity index (χ4n) is 2.83. The highest BCUT2D eigenvalue weighted by Crippen LogP contribution is 2.31. The van der Waals surface area contributed by atoms with E-state index in [0.717, 1.165) is 19.3 Å². The Balaban J connectivity index is 1.89. The van der Waals surface area contributed by atoms with Crippen molar-refractivity contribution in [2.75, 3.05) is 13.1 Å². The van der Waals surface area contributed by atoms with Gasteiger partial charge in [0.25, 0.3) is 0 Å². The first-order valence-corrected chi connectivity index (χ1v) is 7.84. The molecular weight excluding hydrogens is 254 g/mol. The van der Waals surface area contributed by atoms with Crippen LogP contribution in [0.25, 0.3) is 0 Å². The van der Waals surface area contributed by atoms with E-state index >= 15 is 0 Å². The lowest BCUT2D eigenvalue weighted by molar-refractivity contribution is -0.144. The van der Waals surface area contributed by atoms with E-state index in [2.05, 4.69) is 5.32 Å². The summed E-state index contributed by atoms with van der Waals surface area (Å²) >= 11 is 0. The normalized spacial score (nSPS) is 24.6. The molecule has 0 aromatic carbocycles. The highest BCUT2D eigenvalue weighted by Gasteiger charge is 2.34. The molecule has 2 amide bonds. The summed E-state index contributed by atoms with van der Waals surface area (Å²) in [5.41, 5.74) is 6.00. The summed E-state index contributed by atoms with van der Waals surface area (Å²) in [6, 6.07) is -0.234. The second kappa shape index (κ2) is 6.57. The number of nitrogens with two attached hydrogens (primary N) is 1. The lowest BCUT2D eigenvalue weighted by Gasteiger charge is -2.36. The molecule has 0 radical (unpaired) electrons. The molecule has 1 saturated carbocycles. The van der Waals surface area contributed by atoms with Crippen LogP contribution in [0.3, 0.4) is 0 Å². The van der Waals surface area contributed by atoms with Gasteiger partial charge in [0.1, 0.15) is 6.04 Å². The van der Waals surface area contributed by atoms with Crippen LogP contribution in [0.4, 0.5) is 0 Å². The lowest BCUT2D eigenvalue weighted by atomic mass is 9.99. The Morgan fingerprint density at radius 1 is 1.25 bits per heavy atom. The largest absolute Gasteiger partial charge is 0.353 e. The van der Waals surface area contributed by atoms with Crippen LogP contribution in [0.5, 0.6) is 0 Å². The summed E-state index contributed by atoms with van der Waals surface area (Å²) in [6.45, 7) is 5.00. The van der Waals surface area contributed by atoms with Crippen LogP contribution in [0.1, 0.15) is 46.0 Å². The van der Waals surface area contributed by atoms with Gasteiger partial charge in [0.05, 0.1) is 0 Å². The van der Waals surface area contributed by atoms with Crippen LogP contribution in [0.2, 0.25) is 0 Å².